The van der Waals surface area contributed by atoms with Crippen LogP contribution in [0.3, 0.4) is 0 Å². The Morgan fingerprint density at radius 3 is 2.67 bits per heavy atom. The molecular weight excluding hydrogens is 563 g/mol. The second-order valence-corrected chi connectivity index (χ2v) is 11.0. The Balaban J connectivity index is 1.31. The van der Waals surface area contributed by atoms with E-state index in [1.54, 1.807) is 35.2 Å². The molecule has 40 heavy (non-hydrogen) atoms. The average molecular weight is 590 g/mol. The highest BCUT2D eigenvalue weighted by Crippen LogP contribution is 2.34. The molecule has 0 radical (unpaired) electrons. The number of thiazole rings is 2. The molecule has 13 heteroatoms. The van der Waals surface area contributed by atoms with E-state index >= 15 is 0 Å². The van der Waals surface area contributed by atoms with Crippen LogP contribution in [0.2, 0.25) is 0 Å². The van der Waals surface area contributed by atoms with Gasteiger partial charge in [-0.1, -0.05) is 29.5 Å². The number of alkyl halides is 3. The van der Waals surface area contributed by atoms with Gasteiger partial charge in [-0.3, -0.25) is 14.5 Å². The van der Waals surface area contributed by atoms with Gasteiger partial charge in [-0.05, 0) is 49.2 Å². The summed E-state index contributed by atoms with van der Waals surface area (Å²) < 4.78 is 46.4. The minimum absolute atomic E-state index is 0.308. The van der Waals surface area contributed by atoms with Crippen LogP contribution in [0.4, 0.5) is 24.0 Å². The summed E-state index contributed by atoms with van der Waals surface area (Å²) in [6, 6.07) is 10.1. The normalized spacial score (nSPS) is 15.2. The van der Waals surface area contributed by atoms with Crippen molar-refractivity contribution >= 4 is 55.5 Å². The van der Waals surface area contributed by atoms with Crippen LogP contribution in [0.25, 0.3) is 10.2 Å². The van der Waals surface area contributed by atoms with Gasteiger partial charge in [-0.25, -0.2) is 9.97 Å². The largest absolute Gasteiger partial charge is 0.416 e. The number of carbonyl (C=O) groups is 2. The van der Waals surface area contributed by atoms with Crippen LogP contribution in [0.15, 0.2) is 53.4 Å². The zero-order valence-electron chi connectivity index (χ0n) is 21.2. The van der Waals surface area contributed by atoms with Gasteiger partial charge in [-0.2, -0.15) is 13.2 Å². The summed E-state index contributed by atoms with van der Waals surface area (Å²) in [6.07, 6.45) is -3.50. The summed E-state index contributed by atoms with van der Waals surface area (Å²) >= 11 is 2.54. The van der Waals surface area contributed by atoms with Crippen LogP contribution in [0.1, 0.15) is 40.4 Å². The first-order valence-corrected chi connectivity index (χ1v) is 14.4. The molecule has 2 aromatic heterocycles. The number of anilines is 2. The predicted molar refractivity (Wildman–Crippen MR) is 149 cm³/mol. The molecule has 2 N–H and O–H groups in total. The molecule has 0 spiro atoms. The smallest absolute Gasteiger partial charge is 0.379 e. The molecule has 5 rings (SSSR count). The van der Waals surface area contributed by atoms with Gasteiger partial charge in [0.25, 0.3) is 5.91 Å². The minimum Gasteiger partial charge on any atom is -0.379 e. The number of hydrogen-bond acceptors (Lipinski definition) is 8. The number of ether oxygens (including phenoxy) is 1. The second-order valence-electron chi connectivity index (χ2n) is 9.29. The molecule has 0 saturated carbocycles. The van der Waals surface area contributed by atoms with E-state index in [9.17, 15) is 22.8 Å². The molecule has 8 nitrogen and oxygen atoms in total. The number of carbonyl (C=O) groups excluding carboxylic acids is 2. The number of benzene rings is 2. The van der Waals surface area contributed by atoms with E-state index < -0.39 is 23.6 Å². The number of aromatic nitrogens is 2. The average Bonchev–Trinajstić information content (AvgIpc) is 3.61. The van der Waals surface area contributed by atoms with E-state index in [0.717, 1.165) is 36.5 Å². The highest BCUT2D eigenvalue weighted by atomic mass is 32.1. The lowest BCUT2D eigenvalue weighted by molar-refractivity contribution is -0.137. The standard InChI is InChI=1S/C27H26F3N5O3S2/c28-27(29,30)18-4-1-3-17(13-18)20(5-2-8-35-9-11-38-12-10-35)24(36)34-26-33-21-7-6-19(14-23(21)40-26)32-25(37)22-15-39-16-31-22/h1,3-4,6-7,13-16,20H,2,5,8-12H2,(H,32,37)(H,33,34,36). The van der Waals surface area contributed by atoms with Crippen LogP contribution in [-0.2, 0) is 15.7 Å². The summed E-state index contributed by atoms with van der Waals surface area (Å²) in [5, 5.41) is 7.58. The summed E-state index contributed by atoms with van der Waals surface area (Å²) in [5.41, 5.74) is 2.58. The number of amides is 2. The first-order chi connectivity index (χ1) is 19.3. The van der Waals surface area contributed by atoms with Crippen LogP contribution >= 0.6 is 22.7 Å². The summed E-state index contributed by atoms with van der Waals surface area (Å²) in [5.74, 6) is -1.54. The van der Waals surface area contributed by atoms with Crippen molar-refractivity contribution < 1.29 is 27.5 Å². The first kappa shape index (κ1) is 28.1. The summed E-state index contributed by atoms with van der Waals surface area (Å²) in [4.78, 5) is 36.5. The third kappa shape index (κ3) is 7.02. The molecule has 210 valence electrons. The molecule has 1 saturated heterocycles. The van der Waals surface area contributed by atoms with Crippen molar-refractivity contribution in [3.63, 3.8) is 0 Å². The fraction of sp³-hybridized carbons (Fsp3) is 0.333. The van der Waals surface area contributed by atoms with E-state index in [1.165, 1.54) is 28.7 Å². The molecule has 1 aliphatic rings. The third-order valence-corrected chi connectivity index (χ3v) is 8.07. The lowest BCUT2D eigenvalue weighted by atomic mass is 9.92. The fourth-order valence-electron chi connectivity index (χ4n) is 4.49. The number of halogens is 3. The van der Waals surface area contributed by atoms with Crippen molar-refractivity contribution in [2.45, 2.75) is 24.9 Å². The number of nitrogens with zero attached hydrogens (tertiary/aromatic N) is 3. The van der Waals surface area contributed by atoms with Crippen molar-refractivity contribution in [2.24, 2.45) is 0 Å². The van der Waals surface area contributed by atoms with E-state index in [0.29, 0.717) is 53.6 Å². The van der Waals surface area contributed by atoms with Gasteiger partial charge in [0.05, 0.1) is 40.4 Å². The summed E-state index contributed by atoms with van der Waals surface area (Å²) in [6.45, 7) is 3.59. The zero-order valence-corrected chi connectivity index (χ0v) is 22.9. The van der Waals surface area contributed by atoms with Crippen molar-refractivity contribution in [1.82, 2.24) is 14.9 Å². The molecule has 0 bridgehead atoms. The molecule has 2 amide bonds. The van der Waals surface area contributed by atoms with Gasteiger partial charge >= 0.3 is 6.18 Å². The van der Waals surface area contributed by atoms with Gasteiger partial charge in [0.2, 0.25) is 5.91 Å². The maximum absolute atomic E-state index is 13.5. The monoisotopic (exact) mass is 589 g/mol. The molecule has 1 aliphatic heterocycles. The molecular formula is C27H26F3N5O3S2. The molecule has 1 unspecified atom stereocenters. The Morgan fingerprint density at radius 1 is 1.10 bits per heavy atom. The molecule has 4 aromatic rings. The Morgan fingerprint density at radius 2 is 1.93 bits per heavy atom. The van der Waals surface area contributed by atoms with Crippen molar-refractivity contribution in [2.75, 3.05) is 43.5 Å². The van der Waals surface area contributed by atoms with Gasteiger partial charge in [0.1, 0.15) is 5.69 Å². The molecule has 3 heterocycles. The highest BCUT2D eigenvalue weighted by Gasteiger charge is 2.32. The fourth-order valence-corrected chi connectivity index (χ4v) is 5.93. The van der Waals surface area contributed by atoms with Crippen LogP contribution in [0, 0.1) is 0 Å². The van der Waals surface area contributed by atoms with Crippen molar-refractivity contribution in [1.29, 1.82) is 0 Å². The molecule has 1 fully saturated rings. The van der Waals surface area contributed by atoms with Crippen molar-refractivity contribution in [3.8, 4) is 0 Å². The van der Waals surface area contributed by atoms with E-state index in [-0.39, 0.29) is 5.91 Å². The van der Waals surface area contributed by atoms with Gasteiger partial charge < -0.3 is 15.4 Å². The van der Waals surface area contributed by atoms with Crippen molar-refractivity contribution in [3.05, 3.63) is 70.2 Å². The number of fused-ring (bicyclic) bond motifs is 1. The Bertz CT molecular complexity index is 1470. The second kappa shape index (κ2) is 12.4. The Kier molecular flexibility index (Phi) is 8.74. The van der Waals surface area contributed by atoms with Gasteiger partial charge in [0.15, 0.2) is 5.13 Å². The lowest BCUT2D eigenvalue weighted by Crippen LogP contribution is -2.37. The Hall–Kier alpha value is -3.39. The van der Waals surface area contributed by atoms with Crippen LogP contribution in [0.5, 0.6) is 0 Å². The van der Waals surface area contributed by atoms with E-state index in [1.807, 2.05) is 0 Å². The SMILES string of the molecule is O=C(Nc1ccc2nc(NC(=O)C(CCCN3CCOCC3)c3cccc(C(F)(F)F)c3)sc2c1)c1cscn1. The molecule has 1 atom stereocenters. The number of rotatable bonds is 9. The van der Waals surface area contributed by atoms with Gasteiger partial charge in [-0.15, -0.1) is 11.3 Å². The first-order valence-electron chi connectivity index (χ1n) is 12.6. The zero-order chi connectivity index (χ0) is 28.1. The van der Waals surface area contributed by atoms with Gasteiger partial charge in [0, 0.05) is 24.2 Å². The minimum atomic E-state index is -4.51. The number of morpholine rings is 1. The molecule has 0 aliphatic carbocycles. The van der Waals surface area contributed by atoms with Crippen LogP contribution < -0.4 is 10.6 Å². The van der Waals surface area contributed by atoms with Crippen LogP contribution in [-0.4, -0.2) is 59.5 Å². The quantitative estimate of drug-likeness (QED) is 0.254. The predicted octanol–water partition coefficient (Wildman–Crippen LogP) is 5.86. The molecule has 2 aromatic carbocycles. The Labute approximate surface area is 236 Å². The maximum Gasteiger partial charge on any atom is 0.416 e. The summed E-state index contributed by atoms with van der Waals surface area (Å²) in [7, 11) is 0. The maximum atomic E-state index is 13.5. The number of nitrogens with one attached hydrogen (secondary N) is 2. The number of hydrogen-bond donors (Lipinski definition) is 2. The third-order valence-electron chi connectivity index (χ3n) is 6.55. The van der Waals surface area contributed by atoms with E-state index in [4.69, 9.17) is 4.74 Å². The van der Waals surface area contributed by atoms with E-state index in [2.05, 4.69) is 25.5 Å². The lowest BCUT2D eigenvalue weighted by Gasteiger charge is -2.27. The highest BCUT2D eigenvalue weighted by molar-refractivity contribution is 7.22. The topological polar surface area (TPSA) is 96.5 Å².